The summed E-state index contributed by atoms with van der Waals surface area (Å²) in [6.07, 6.45) is 4.27. The molecule has 0 saturated carbocycles. The third kappa shape index (κ3) is 2.71. The minimum absolute atomic E-state index is 0.661. The van der Waals surface area contributed by atoms with Crippen LogP contribution in [0.3, 0.4) is 0 Å². The predicted molar refractivity (Wildman–Crippen MR) is 62.6 cm³/mol. The predicted octanol–water partition coefficient (Wildman–Crippen LogP) is 2.11. The Labute approximate surface area is 89.1 Å². The Morgan fingerprint density at radius 2 is 2.07 bits per heavy atom. The van der Waals surface area contributed by atoms with E-state index >= 15 is 0 Å². The fourth-order valence-corrected chi connectivity index (χ4v) is 2.68. The zero-order valence-corrected chi connectivity index (χ0v) is 10.1. The van der Waals surface area contributed by atoms with Gasteiger partial charge in [0.15, 0.2) is 0 Å². The van der Waals surface area contributed by atoms with Crippen molar-refractivity contribution in [3.05, 3.63) is 0 Å². The van der Waals surface area contributed by atoms with Gasteiger partial charge in [-0.2, -0.15) is 0 Å². The highest BCUT2D eigenvalue weighted by molar-refractivity contribution is 4.93. The van der Waals surface area contributed by atoms with Gasteiger partial charge in [-0.3, -0.25) is 0 Å². The maximum Gasteiger partial charge on any atom is 0.00505 e. The number of rotatable bonds is 1. The molecule has 0 aromatic rings. The molecule has 1 N–H and O–H groups in total. The minimum atomic E-state index is 0.661. The molecule has 1 atom stereocenters. The van der Waals surface area contributed by atoms with Crippen LogP contribution in [-0.4, -0.2) is 37.6 Å². The van der Waals surface area contributed by atoms with E-state index in [0.717, 1.165) is 0 Å². The van der Waals surface area contributed by atoms with Crippen LogP contribution in [0.1, 0.15) is 40.0 Å². The summed E-state index contributed by atoms with van der Waals surface area (Å²) in [6, 6.07) is 0. The van der Waals surface area contributed by atoms with Crippen LogP contribution in [0, 0.1) is 5.41 Å². The Morgan fingerprint density at radius 1 is 1.29 bits per heavy atom. The zero-order chi connectivity index (χ0) is 10.4. The Balaban J connectivity index is 0.000000461. The Morgan fingerprint density at radius 3 is 2.57 bits per heavy atom. The molecule has 14 heavy (non-hydrogen) atoms. The van der Waals surface area contributed by atoms with Gasteiger partial charge in [0.2, 0.25) is 0 Å². The molecule has 2 saturated heterocycles. The van der Waals surface area contributed by atoms with E-state index in [1.54, 1.807) is 0 Å². The maximum absolute atomic E-state index is 3.54. The first-order valence-corrected chi connectivity index (χ1v) is 6.28. The third-order valence-electron chi connectivity index (χ3n) is 3.53. The summed E-state index contributed by atoms with van der Waals surface area (Å²) in [5.74, 6) is 0. The SMILES string of the molecule is CC.CCN1CCC2(CCCNC2)C1. The summed E-state index contributed by atoms with van der Waals surface area (Å²) in [5, 5.41) is 3.54. The molecule has 1 unspecified atom stereocenters. The molecular formula is C12H26N2. The van der Waals surface area contributed by atoms with Gasteiger partial charge in [0.1, 0.15) is 0 Å². The topological polar surface area (TPSA) is 15.3 Å². The number of nitrogens with one attached hydrogen (secondary N) is 1. The fraction of sp³-hybridized carbons (Fsp3) is 1.00. The number of likely N-dealkylation sites (tertiary alicyclic amines) is 1. The van der Waals surface area contributed by atoms with Gasteiger partial charge in [-0.15, -0.1) is 0 Å². The van der Waals surface area contributed by atoms with E-state index in [9.17, 15) is 0 Å². The van der Waals surface area contributed by atoms with Crippen LogP contribution in [0.4, 0.5) is 0 Å². The number of hydrogen-bond acceptors (Lipinski definition) is 2. The van der Waals surface area contributed by atoms with Crippen LogP contribution in [0.5, 0.6) is 0 Å². The van der Waals surface area contributed by atoms with E-state index < -0.39 is 0 Å². The number of hydrogen-bond donors (Lipinski definition) is 1. The van der Waals surface area contributed by atoms with E-state index in [1.165, 1.54) is 52.0 Å². The Kier molecular flexibility index (Phi) is 4.90. The molecule has 0 bridgehead atoms. The fourth-order valence-electron chi connectivity index (χ4n) is 2.68. The molecule has 2 heterocycles. The minimum Gasteiger partial charge on any atom is -0.316 e. The van der Waals surface area contributed by atoms with E-state index in [0.29, 0.717) is 5.41 Å². The van der Waals surface area contributed by atoms with Gasteiger partial charge in [-0.1, -0.05) is 20.8 Å². The van der Waals surface area contributed by atoms with Gasteiger partial charge in [0.25, 0.3) is 0 Å². The first kappa shape index (κ1) is 12.0. The van der Waals surface area contributed by atoms with Crippen molar-refractivity contribution in [2.24, 2.45) is 5.41 Å². The molecule has 0 aliphatic carbocycles. The quantitative estimate of drug-likeness (QED) is 0.694. The molecule has 2 nitrogen and oxygen atoms in total. The molecule has 1 spiro atoms. The van der Waals surface area contributed by atoms with Gasteiger partial charge >= 0.3 is 0 Å². The molecule has 2 aliphatic heterocycles. The van der Waals surface area contributed by atoms with Crippen molar-refractivity contribution in [3.8, 4) is 0 Å². The van der Waals surface area contributed by atoms with Crippen LogP contribution in [0.15, 0.2) is 0 Å². The second-order valence-electron chi connectivity index (χ2n) is 4.40. The largest absolute Gasteiger partial charge is 0.316 e. The van der Waals surface area contributed by atoms with Crippen LogP contribution in [-0.2, 0) is 0 Å². The van der Waals surface area contributed by atoms with Crippen LogP contribution >= 0.6 is 0 Å². The first-order valence-electron chi connectivity index (χ1n) is 6.28. The van der Waals surface area contributed by atoms with Crippen molar-refractivity contribution in [2.45, 2.75) is 40.0 Å². The second-order valence-corrected chi connectivity index (χ2v) is 4.40. The Hall–Kier alpha value is -0.0800. The summed E-state index contributed by atoms with van der Waals surface area (Å²) in [6.45, 7) is 12.7. The molecule has 0 amide bonds. The van der Waals surface area contributed by atoms with E-state index in [2.05, 4.69) is 17.1 Å². The molecule has 2 fully saturated rings. The normalized spacial score (nSPS) is 32.8. The van der Waals surface area contributed by atoms with E-state index in [4.69, 9.17) is 0 Å². The van der Waals surface area contributed by atoms with Gasteiger partial charge < -0.3 is 10.2 Å². The molecule has 2 aliphatic rings. The monoisotopic (exact) mass is 198 g/mol. The molecule has 0 aromatic heterocycles. The smallest absolute Gasteiger partial charge is 0.00505 e. The summed E-state index contributed by atoms with van der Waals surface area (Å²) in [5.41, 5.74) is 0.661. The van der Waals surface area contributed by atoms with Crippen molar-refractivity contribution in [3.63, 3.8) is 0 Å². The molecular weight excluding hydrogens is 172 g/mol. The van der Waals surface area contributed by atoms with Gasteiger partial charge in [0, 0.05) is 13.1 Å². The Bertz CT molecular complexity index is 150. The van der Waals surface area contributed by atoms with Crippen molar-refractivity contribution in [1.82, 2.24) is 10.2 Å². The van der Waals surface area contributed by atoms with E-state index in [1.807, 2.05) is 13.8 Å². The molecule has 0 radical (unpaired) electrons. The maximum atomic E-state index is 3.54. The highest BCUT2D eigenvalue weighted by Gasteiger charge is 2.37. The van der Waals surface area contributed by atoms with Gasteiger partial charge in [-0.05, 0) is 44.3 Å². The highest BCUT2D eigenvalue weighted by atomic mass is 15.2. The average molecular weight is 198 g/mol. The number of nitrogens with zero attached hydrogens (tertiary/aromatic N) is 1. The van der Waals surface area contributed by atoms with Gasteiger partial charge in [0.05, 0.1) is 0 Å². The van der Waals surface area contributed by atoms with E-state index in [-0.39, 0.29) is 0 Å². The van der Waals surface area contributed by atoms with Crippen molar-refractivity contribution < 1.29 is 0 Å². The van der Waals surface area contributed by atoms with Crippen molar-refractivity contribution in [2.75, 3.05) is 32.7 Å². The average Bonchev–Trinajstić information content (AvgIpc) is 2.66. The van der Waals surface area contributed by atoms with Gasteiger partial charge in [-0.25, -0.2) is 0 Å². The summed E-state index contributed by atoms with van der Waals surface area (Å²) < 4.78 is 0. The first-order chi connectivity index (χ1) is 6.85. The van der Waals surface area contributed by atoms with Crippen molar-refractivity contribution >= 4 is 0 Å². The summed E-state index contributed by atoms with van der Waals surface area (Å²) >= 11 is 0. The zero-order valence-electron chi connectivity index (χ0n) is 10.1. The van der Waals surface area contributed by atoms with Crippen LogP contribution in [0.25, 0.3) is 0 Å². The molecule has 84 valence electrons. The lowest BCUT2D eigenvalue weighted by atomic mass is 9.80. The van der Waals surface area contributed by atoms with Crippen LogP contribution < -0.4 is 5.32 Å². The summed E-state index contributed by atoms with van der Waals surface area (Å²) in [4.78, 5) is 2.59. The van der Waals surface area contributed by atoms with Crippen molar-refractivity contribution in [1.29, 1.82) is 0 Å². The second kappa shape index (κ2) is 5.72. The van der Waals surface area contributed by atoms with Crippen LogP contribution in [0.2, 0.25) is 0 Å². The lowest BCUT2D eigenvalue weighted by molar-refractivity contribution is 0.205. The number of piperidine rings is 1. The highest BCUT2D eigenvalue weighted by Crippen LogP contribution is 2.35. The third-order valence-corrected chi connectivity index (χ3v) is 3.53. The molecule has 2 rings (SSSR count). The summed E-state index contributed by atoms with van der Waals surface area (Å²) in [7, 11) is 0. The standard InChI is InChI=1S/C10H20N2.C2H6/c1-2-12-7-5-10(9-12)4-3-6-11-8-10;1-2/h11H,2-9H2,1H3;1-2H3. The molecule has 2 heteroatoms. The lowest BCUT2D eigenvalue weighted by Crippen LogP contribution is -2.41. The lowest BCUT2D eigenvalue weighted by Gasteiger charge is -2.33. The molecule has 0 aromatic carbocycles.